The molecule has 2 unspecified atom stereocenters. The van der Waals surface area contributed by atoms with Crippen LogP contribution in [0.15, 0.2) is 16.6 Å². The molecule has 2 rings (SSSR count). The van der Waals surface area contributed by atoms with E-state index in [1.165, 1.54) is 0 Å². The highest BCUT2D eigenvalue weighted by Crippen LogP contribution is 2.21. The molecule has 0 aromatic heterocycles. The van der Waals surface area contributed by atoms with Gasteiger partial charge in [-0.25, -0.2) is 8.78 Å². The summed E-state index contributed by atoms with van der Waals surface area (Å²) in [6, 6.07) is 1.76. The average molecular weight is 347 g/mol. The number of nitrogens with one attached hydrogen (secondary N) is 1. The molecule has 1 saturated carbocycles. The summed E-state index contributed by atoms with van der Waals surface area (Å²) in [7, 11) is 0. The molecule has 0 spiro atoms. The van der Waals surface area contributed by atoms with E-state index in [4.69, 9.17) is 5.73 Å². The van der Waals surface area contributed by atoms with Crippen molar-refractivity contribution in [3.63, 3.8) is 0 Å². The third-order valence-corrected chi connectivity index (χ3v) is 4.08. The normalized spacial score (nSPS) is 23.2. The number of amides is 1. The average Bonchev–Trinajstić information content (AvgIpc) is 2.53. The first-order valence-corrected chi connectivity index (χ1v) is 7.49. The number of hydrogen-bond acceptors (Lipinski definition) is 2. The quantitative estimate of drug-likeness (QED) is 0.808. The minimum atomic E-state index is -0.878. The summed E-state index contributed by atoms with van der Waals surface area (Å²) < 4.78 is 27.7. The molecular formula is C14H17BrF2N2O. The number of benzene rings is 1. The zero-order chi connectivity index (χ0) is 14.7. The van der Waals surface area contributed by atoms with Crippen molar-refractivity contribution < 1.29 is 13.6 Å². The second-order valence-electron chi connectivity index (χ2n) is 5.13. The van der Waals surface area contributed by atoms with Gasteiger partial charge in [-0.15, -0.1) is 0 Å². The maximum Gasteiger partial charge on any atom is 0.257 e. The molecule has 1 aromatic rings. The van der Waals surface area contributed by atoms with Gasteiger partial charge in [0.2, 0.25) is 0 Å². The lowest BCUT2D eigenvalue weighted by Crippen LogP contribution is -2.47. The Morgan fingerprint density at radius 1 is 1.20 bits per heavy atom. The van der Waals surface area contributed by atoms with Gasteiger partial charge >= 0.3 is 0 Å². The Hall–Kier alpha value is -1.01. The van der Waals surface area contributed by atoms with E-state index in [-0.39, 0.29) is 16.6 Å². The monoisotopic (exact) mass is 346 g/mol. The molecular weight excluding hydrogens is 330 g/mol. The SMILES string of the molecule is NC1CCCCCC1NC(=O)c1c(F)cc(Br)cc1F. The van der Waals surface area contributed by atoms with Crippen LogP contribution in [0.2, 0.25) is 0 Å². The Labute approximate surface area is 125 Å². The standard InChI is InChI=1S/C14H17BrF2N2O/c15-8-6-9(16)13(10(17)7-8)14(20)19-12-5-3-1-2-4-11(12)18/h6-7,11-12H,1-5,18H2,(H,19,20). The van der Waals surface area contributed by atoms with Gasteiger partial charge in [-0.3, -0.25) is 4.79 Å². The second-order valence-corrected chi connectivity index (χ2v) is 6.04. The first-order valence-electron chi connectivity index (χ1n) is 6.70. The zero-order valence-corrected chi connectivity index (χ0v) is 12.6. The van der Waals surface area contributed by atoms with Crippen LogP contribution in [0.5, 0.6) is 0 Å². The minimum absolute atomic E-state index is 0.164. The highest BCUT2D eigenvalue weighted by molar-refractivity contribution is 9.10. The summed E-state index contributed by atoms with van der Waals surface area (Å²) in [5, 5.41) is 2.67. The van der Waals surface area contributed by atoms with Crippen molar-refractivity contribution in [3.05, 3.63) is 33.8 Å². The Morgan fingerprint density at radius 2 is 1.80 bits per heavy atom. The van der Waals surface area contributed by atoms with Crippen LogP contribution in [0.25, 0.3) is 0 Å². The van der Waals surface area contributed by atoms with Crippen LogP contribution in [0.1, 0.15) is 42.5 Å². The van der Waals surface area contributed by atoms with Crippen LogP contribution in [0.3, 0.4) is 0 Å². The molecule has 110 valence electrons. The molecule has 0 heterocycles. The third-order valence-electron chi connectivity index (χ3n) is 3.62. The van der Waals surface area contributed by atoms with Gasteiger partial charge < -0.3 is 11.1 Å². The molecule has 1 aliphatic rings. The molecule has 0 bridgehead atoms. The molecule has 1 fully saturated rings. The molecule has 3 nitrogen and oxygen atoms in total. The molecule has 20 heavy (non-hydrogen) atoms. The fraction of sp³-hybridized carbons (Fsp3) is 0.500. The summed E-state index contributed by atoms with van der Waals surface area (Å²) in [5.74, 6) is -2.50. The van der Waals surface area contributed by atoms with Gasteiger partial charge in [0.15, 0.2) is 0 Å². The van der Waals surface area contributed by atoms with Gasteiger partial charge in [0.25, 0.3) is 5.91 Å². The number of carbonyl (C=O) groups excluding carboxylic acids is 1. The number of nitrogens with two attached hydrogens (primary N) is 1. The van der Waals surface area contributed by atoms with Crippen LogP contribution in [0, 0.1) is 11.6 Å². The van der Waals surface area contributed by atoms with Gasteiger partial charge in [0, 0.05) is 16.6 Å². The fourth-order valence-electron chi connectivity index (χ4n) is 2.52. The molecule has 6 heteroatoms. The molecule has 1 aromatic carbocycles. The van der Waals surface area contributed by atoms with Crippen molar-refractivity contribution in [3.8, 4) is 0 Å². The van der Waals surface area contributed by atoms with Crippen LogP contribution in [-0.4, -0.2) is 18.0 Å². The lowest BCUT2D eigenvalue weighted by atomic mass is 10.0. The van der Waals surface area contributed by atoms with Crippen molar-refractivity contribution in [1.29, 1.82) is 0 Å². The van der Waals surface area contributed by atoms with E-state index >= 15 is 0 Å². The molecule has 0 aliphatic heterocycles. The van der Waals surface area contributed by atoms with E-state index in [1.807, 2.05) is 0 Å². The van der Waals surface area contributed by atoms with E-state index < -0.39 is 23.1 Å². The van der Waals surface area contributed by atoms with Crippen LogP contribution in [-0.2, 0) is 0 Å². The lowest BCUT2D eigenvalue weighted by molar-refractivity contribution is 0.0920. The zero-order valence-electron chi connectivity index (χ0n) is 11.0. The van der Waals surface area contributed by atoms with E-state index in [0.29, 0.717) is 0 Å². The second kappa shape index (κ2) is 6.63. The molecule has 1 aliphatic carbocycles. The third kappa shape index (κ3) is 3.55. The Morgan fingerprint density at radius 3 is 2.45 bits per heavy atom. The van der Waals surface area contributed by atoms with Crippen molar-refractivity contribution >= 4 is 21.8 Å². The Bertz CT molecular complexity index is 487. The highest BCUT2D eigenvalue weighted by Gasteiger charge is 2.25. The van der Waals surface area contributed by atoms with Gasteiger partial charge in [0.05, 0.1) is 0 Å². The Balaban J connectivity index is 2.15. The lowest BCUT2D eigenvalue weighted by Gasteiger charge is -2.23. The summed E-state index contributed by atoms with van der Waals surface area (Å²) in [4.78, 5) is 12.1. The summed E-state index contributed by atoms with van der Waals surface area (Å²) in [6.45, 7) is 0. The highest BCUT2D eigenvalue weighted by atomic mass is 79.9. The van der Waals surface area contributed by atoms with Crippen molar-refractivity contribution in [2.75, 3.05) is 0 Å². The van der Waals surface area contributed by atoms with E-state index in [0.717, 1.165) is 44.2 Å². The summed E-state index contributed by atoms with van der Waals surface area (Å²) in [6.07, 6.45) is 4.61. The van der Waals surface area contributed by atoms with Crippen LogP contribution >= 0.6 is 15.9 Å². The molecule has 1 amide bonds. The van der Waals surface area contributed by atoms with Gasteiger partial charge in [0.1, 0.15) is 17.2 Å². The molecule has 0 radical (unpaired) electrons. The Kier molecular flexibility index (Phi) is 5.10. The van der Waals surface area contributed by atoms with Gasteiger partial charge in [-0.2, -0.15) is 0 Å². The maximum atomic E-state index is 13.7. The largest absolute Gasteiger partial charge is 0.348 e. The van der Waals surface area contributed by atoms with Crippen LogP contribution < -0.4 is 11.1 Å². The number of carbonyl (C=O) groups is 1. The van der Waals surface area contributed by atoms with Gasteiger partial charge in [-0.1, -0.05) is 35.2 Å². The number of rotatable bonds is 2. The summed E-state index contributed by atoms with van der Waals surface area (Å²) >= 11 is 2.98. The maximum absolute atomic E-state index is 13.7. The number of halogens is 3. The first kappa shape index (κ1) is 15.4. The molecule has 3 N–H and O–H groups in total. The molecule has 2 atom stereocenters. The fourth-order valence-corrected chi connectivity index (χ4v) is 2.92. The van der Waals surface area contributed by atoms with Crippen molar-refractivity contribution in [2.45, 2.75) is 44.2 Å². The first-order chi connectivity index (χ1) is 9.49. The van der Waals surface area contributed by atoms with E-state index in [2.05, 4.69) is 21.2 Å². The van der Waals surface area contributed by atoms with Crippen LogP contribution in [0.4, 0.5) is 8.78 Å². The predicted molar refractivity (Wildman–Crippen MR) is 76.4 cm³/mol. The van der Waals surface area contributed by atoms with Crippen molar-refractivity contribution in [1.82, 2.24) is 5.32 Å². The van der Waals surface area contributed by atoms with Crippen molar-refractivity contribution in [2.24, 2.45) is 5.73 Å². The van der Waals surface area contributed by atoms with E-state index in [1.54, 1.807) is 0 Å². The van der Waals surface area contributed by atoms with Gasteiger partial charge in [-0.05, 0) is 25.0 Å². The summed E-state index contributed by atoms with van der Waals surface area (Å²) in [5.41, 5.74) is 5.44. The minimum Gasteiger partial charge on any atom is -0.348 e. The van der Waals surface area contributed by atoms with E-state index in [9.17, 15) is 13.6 Å². The number of hydrogen-bond donors (Lipinski definition) is 2. The predicted octanol–water partition coefficient (Wildman–Crippen LogP) is 3.12. The smallest absolute Gasteiger partial charge is 0.257 e. The topological polar surface area (TPSA) is 55.1 Å². The molecule has 0 saturated heterocycles.